The van der Waals surface area contributed by atoms with Crippen LogP contribution in [0.2, 0.25) is 0 Å². The van der Waals surface area contributed by atoms with Gasteiger partial charge in [-0.3, -0.25) is 4.79 Å². The van der Waals surface area contributed by atoms with Crippen LogP contribution in [0.3, 0.4) is 0 Å². The zero-order valence-corrected chi connectivity index (χ0v) is 14.1. The van der Waals surface area contributed by atoms with E-state index in [-0.39, 0.29) is 5.91 Å². The van der Waals surface area contributed by atoms with Gasteiger partial charge in [0.05, 0.1) is 6.61 Å². The average molecular weight is 316 g/mol. The molecule has 2 fully saturated rings. The molecule has 1 aliphatic heterocycles. The number of nitrogens with one attached hydrogen (secondary N) is 1. The molecule has 1 amide bonds. The number of hydrogen-bond donors (Lipinski definition) is 1. The highest BCUT2D eigenvalue weighted by atomic mass is 16.5. The van der Waals surface area contributed by atoms with Crippen LogP contribution in [0.25, 0.3) is 0 Å². The number of likely N-dealkylation sites (tertiary alicyclic amines) is 1. The SMILES string of the molecule is CCCOc1cccc(C(=O)N2CCC(NCC3CC3)CC2)c1. The Morgan fingerprint density at radius 1 is 1.26 bits per heavy atom. The Bertz CT molecular complexity index is 520. The molecule has 0 bridgehead atoms. The van der Waals surface area contributed by atoms with E-state index in [0.717, 1.165) is 56.1 Å². The number of amides is 1. The minimum absolute atomic E-state index is 0.132. The summed E-state index contributed by atoms with van der Waals surface area (Å²) in [7, 11) is 0. The van der Waals surface area contributed by atoms with Crippen molar-refractivity contribution in [2.24, 2.45) is 5.92 Å². The summed E-state index contributed by atoms with van der Waals surface area (Å²) in [5.74, 6) is 1.84. The summed E-state index contributed by atoms with van der Waals surface area (Å²) in [6.45, 7) is 5.63. The molecule has 2 aliphatic rings. The summed E-state index contributed by atoms with van der Waals surface area (Å²) in [6.07, 6.45) is 5.87. The molecule has 1 aromatic rings. The highest BCUT2D eigenvalue weighted by Gasteiger charge is 2.26. The molecule has 0 radical (unpaired) electrons. The van der Waals surface area contributed by atoms with Crippen LogP contribution in [0, 0.1) is 5.92 Å². The second-order valence-corrected chi connectivity index (χ2v) is 6.79. The molecule has 1 saturated carbocycles. The summed E-state index contributed by atoms with van der Waals surface area (Å²) < 4.78 is 5.63. The molecule has 23 heavy (non-hydrogen) atoms. The number of piperidine rings is 1. The van der Waals surface area contributed by atoms with Crippen molar-refractivity contribution in [2.75, 3.05) is 26.2 Å². The van der Waals surface area contributed by atoms with E-state index >= 15 is 0 Å². The molecule has 0 spiro atoms. The Morgan fingerprint density at radius 2 is 2.04 bits per heavy atom. The van der Waals surface area contributed by atoms with Crippen molar-refractivity contribution in [3.63, 3.8) is 0 Å². The fourth-order valence-corrected chi connectivity index (χ4v) is 3.06. The lowest BCUT2D eigenvalue weighted by Crippen LogP contribution is -2.45. The van der Waals surface area contributed by atoms with Crippen LogP contribution in [0.15, 0.2) is 24.3 Å². The van der Waals surface area contributed by atoms with Gasteiger partial charge in [-0.25, -0.2) is 0 Å². The molecule has 126 valence electrons. The molecule has 1 aliphatic carbocycles. The average Bonchev–Trinajstić information content (AvgIpc) is 3.43. The molecular weight excluding hydrogens is 288 g/mol. The zero-order chi connectivity index (χ0) is 16.1. The Hall–Kier alpha value is -1.55. The number of nitrogens with zero attached hydrogens (tertiary/aromatic N) is 1. The highest BCUT2D eigenvalue weighted by Crippen LogP contribution is 2.28. The fraction of sp³-hybridized carbons (Fsp3) is 0.632. The highest BCUT2D eigenvalue weighted by molar-refractivity contribution is 5.94. The van der Waals surface area contributed by atoms with E-state index in [1.54, 1.807) is 0 Å². The van der Waals surface area contributed by atoms with E-state index < -0.39 is 0 Å². The predicted octanol–water partition coefficient (Wildman–Crippen LogP) is 3.08. The zero-order valence-electron chi connectivity index (χ0n) is 14.1. The molecule has 1 saturated heterocycles. The quantitative estimate of drug-likeness (QED) is 0.840. The summed E-state index contributed by atoms with van der Waals surface area (Å²) in [6, 6.07) is 8.16. The van der Waals surface area contributed by atoms with E-state index in [1.165, 1.54) is 12.8 Å². The lowest BCUT2D eigenvalue weighted by Gasteiger charge is -2.32. The van der Waals surface area contributed by atoms with Crippen LogP contribution in [0.4, 0.5) is 0 Å². The third-order valence-corrected chi connectivity index (χ3v) is 4.73. The minimum Gasteiger partial charge on any atom is -0.494 e. The molecule has 1 N–H and O–H groups in total. The van der Waals surface area contributed by atoms with Crippen molar-refractivity contribution in [3.05, 3.63) is 29.8 Å². The minimum atomic E-state index is 0.132. The summed E-state index contributed by atoms with van der Waals surface area (Å²) >= 11 is 0. The van der Waals surface area contributed by atoms with E-state index in [1.807, 2.05) is 29.2 Å². The van der Waals surface area contributed by atoms with Crippen LogP contribution < -0.4 is 10.1 Å². The Kier molecular flexibility index (Phi) is 5.55. The molecule has 4 nitrogen and oxygen atoms in total. The topological polar surface area (TPSA) is 41.6 Å². The van der Waals surface area contributed by atoms with Gasteiger partial charge in [0.2, 0.25) is 0 Å². The number of carbonyl (C=O) groups is 1. The van der Waals surface area contributed by atoms with Gasteiger partial charge in [0.25, 0.3) is 5.91 Å². The maximum Gasteiger partial charge on any atom is 0.253 e. The molecule has 3 rings (SSSR count). The van der Waals surface area contributed by atoms with Crippen molar-refractivity contribution >= 4 is 5.91 Å². The monoisotopic (exact) mass is 316 g/mol. The van der Waals surface area contributed by atoms with Gasteiger partial charge in [-0.1, -0.05) is 13.0 Å². The Morgan fingerprint density at radius 3 is 2.74 bits per heavy atom. The summed E-state index contributed by atoms with van der Waals surface area (Å²) in [5.41, 5.74) is 0.739. The van der Waals surface area contributed by atoms with Crippen molar-refractivity contribution in [1.29, 1.82) is 0 Å². The number of carbonyl (C=O) groups excluding carboxylic acids is 1. The molecule has 1 aromatic carbocycles. The van der Waals surface area contributed by atoms with Gasteiger partial charge in [-0.2, -0.15) is 0 Å². The molecule has 1 heterocycles. The predicted molar refractivity (Wildman–Crippen MR) is 91.9 cm³/mol. The van der Waals surface area contributed by atoms with Gasteiger partial charge in [-0.05, 0) is 62.8 Å². The van der Waals surface area contributed by atoms with Crippen LogP contribution in [-0.4, -0.2) is 43.1 Å². The standard InChI is InChI=1S/C19H28N2O2/c1-2-12-23-18-5-3-4-16(13-18)19(22)21-10-8-17(9-11-21)20-14-15-6-7-15/h3-5,13,15,17,20H,2,6-12,14H2,1H3. The maximum absolute atomic E-state index is 12.7. The third-order valence-electron chi connectivity index (χ3n) is 4.73. The summed E-state index contributed by atoms with van der Waals surface area (Å²) in [5, 5.41) is 3.66. The molecule has 0 unspecified atom stereocenters. The van der Waals surface area contributed by atoms with Crippen molar-refractivity contribution in [3.8, 4) is 5.75 Å². The van der Waals surface area contributed by atoms with Crippen LogP contribution in [0.1, 0.15) is 49.4 Å². The van der Waals surface area contributed by atoms with E-state index in [9.17, 15) is 4.79 Å². The van der Waals surface area contributed by atoms with Crippen LogP contribution in [-0.2, 0) is 0 Å². The van der Waals surface area contributed by atoms with Gasteiger partial charge in [0.15, 0.2) is 0 Å². The molecule has 0 aromatic heterocycles. The molecule has 4 heteroatoms. The van der Waals surface area contributed by atoms with Crippen molar-refractivity contribution in [1.82, 2.24) is 10.2 Å². The normalized spacial score (nSPS) is 18.9. The van der Waals surface area contributed by atoms with Gasteiger partial charge >= 0.3 is 0 Å². The lowest BCUT2D eigenvalue weighted by atomic mass is 10.0. The molecular formula is C19H28N2O2. The lowest BCUT2D eigenvalue weighted by molar-refractivity contribution is 0.0704. The van der Waals surface area contributed by atoms with Crippen molar-refractivity contribution in [2.45, 2.75) is 45.1 Å². The summed E-state index contributed by atoms with van der Waals surface area (Å²) in [4.78, 5) is 14.6. The van der Waals surface area contributed by atoms with Gasteiger partial charge in [-0.15, -0.1) is 0 Å². The van der Waals surface area contributed by atoms with E-state index in [2.05, 4.69) is 12.2 Å². The van der Waals surface area contributed by atoms with E-state index in [0.29, 0.717) is 12.6 Å². The number of benzene rings is 1. The Balaban J connectivity index is 1.50. The van der Waals surface area contributed by atoms with E-state index in [4.69, 9.17) is 4.74 Å². The number of rotatable bonds is 7. The second-order valence-electron chi connectivity index (χ2n) is 6.79. The first-order valence-corrected chi connectivity index (χ1v) is 9.01. The first-order chi connectivity index (χ1) is 11.3. The smallest absolute Gasteiger partial charge is 0.253 e. The van der Waals surface area contributed by atoms with Crippen LogP contribution in [0.5, 0.6) is 5.75 Å². The third kappa shape index (κ3) is 4.71. The second kappa shape index (κ2) is 7.82. The van der Waals surface area contributed by atoms with Gasteiger partial charge in [0, 0.05) is 24.7 Å². The number of ether oxygens (including phenoxy) is 1. The number of hydrogen-bond acceptors (Lipinski definition) is 3. The van der Waals surface area contributed by atoms with Gasteiger partial charge < -0.3 is 15.0 Å². The largest absolute Gasteiger partial charge is 0.494 e. The van der Waals surface area contributed by atoms with Crippen molar-refractivity contribution < 1.29 is 9.53 Å². The fourth-order valence-electron chi connectivity index (χ4n) is 3.06. The Labute approximate surface area is 139 Å². The first kappa shape index (κ1) is 16.3. The molecule has 0 atom stereocenters. The maximum atomic E-state index is 12.7. The van der Waals surface area contributed by atoms with Gasteiger partial charge in [0.1, 0.15) is 5.75 Å². The van der Waals surface area contributed by atoms with Crippen LogP contribution >= 0.6 is 0 Å². The first-order valence-electron chi connectivity index (χ1n) is 9.01.